The van der Waals surface area contributed by atoms with Crippen LogP contribution in [-0.4, -0.2) is 37.3 Å². The maximum Gasteiger partial charge on any atom is 0.251 e. The van der Waals surface area contributed by atoms with Crippen LogP contribution in [0.1, 0.15) is 46.9 Å². The molecule has 1 amide bonds. The molecule has 1 aliphatic heterocycles. The minimum atomic E-state index is -0.122. The Morgan fingerprint density at radius 2 is 1.87 bits per heavy atom. The Labute approximate surface area is 177 Å². The first-order chi connectivity index (χ1) is 14.5. The van der Waals surface area contributed by atoms with Crippen molar-refractivity contribution in [3.05, 3.63) is 64.8 Å². The molecule has 5 heteroatoms. The molecule has 0 aliphatic carbocycles. The number of aromatic amines is 1. The fraction of sp³-hybridized carbons (Fsp3) is 0.400. The van der Waals surface area contributed by atoms with E-state index in [4.69, 9.17) is 9.47 Å². The zero-order valence-corrected chi connectivity index (χ0v) is 18.0. The molecule has 158 valence electrons. The molecule has 0 unspecified atom stereocenters. The first-order valence-corrected chi connectivity index (χ1v) is 10.7. The summed E-state index contributed by atoms with van der Waals surface area (Å²) in [6, 6.07) is 14.1. The molecule has 0 spiro atoms. The molecule has 0 saturated carbocycles. The maximum atomic E-state index is 13.0. The van der Waals surface area contributed by atoms with E-state index in [1.54, 1.807) is 0 Å². The first kappa shape index (κ1) is 20.5. The largest absolute Gasteiger partial charge is 0.494 e. The minimum absolute atomic E-state index is 0.0352. The molecule has 3 aromatic rings. The second-order valence-electron chi connectivity index (χ2n) is 8.17. The van der Waals surface area contributed by atoms with Crippen molar-refractivity contribution in [2.45, 2.75) is 39.0 Å². The summed E-state index contributed by atoms with van der Waals surface area (Å²) in [5.74, 6) is 0.838. The van der Waals surface area contributed by atoms with Crippen LogP contribution in [0.4, 0.5) is 0 Å². The van der Waals surface area contributed by atoms with Crippen LogP contribution in [0.3, 0.4) is 0 Å². The van der Waals surface area contributed by atoms with E-state index in [2.05, 4.69) is 36.3 Å². The van der Waals surface area contributed by atoms with Gasteiger partial charge in [-0.15, -0.1) is 0 Å². The van der Waals surface area contributed by atoms with Gasteiger partial charge in [0.25, 0.3) is 5.91 Å². The van der Waals surface area contributed by atoms with E-state index in [0.717, 1.165) is 35.2 Å². The highest BCUT2D eigenvalue weighted by Crippen LogP contribution is 2.35. The molecule has 0 atom stereocenters. The molecule has 1 fully saturated rings. The van der Waals surface area contributed by atoms with E-state index in [9.17, 15) is 4.79 Å². The van der Waals surface area contributed by atoms with Gasteiger partial charge in [0, 0.05) is 47.3 Å². The standard InChI is InChI=1S/C25H30N2O3/c1-4-30-21-8-6-20(7-9-21)25(11-13-29-14-12-25)16-26-24(28)19-5-10-23-22(15-19)17(2)18(3)27-23/h5-10,15,27H,4,11-14,16H2,1-3H3,(H,26,28). The highest BCUT2D eigenvalue weighted by atomic mass is 16.5. The number of fused-ring (bicyclic) bond motifs is 1. The predicted octanol–water partition coefficient (Wildman–Crippen LogP) is 4.66. The van der Waals surface area contributed by atoms with Crippen LogP contribution in [0, 0.1) is 13.8 Å². The molecule has 1 saturated heterocycles. The Hall–Kier alpha value is -2.79. The number of rotatable bonds is 6. The van der Waals surface area contributed by atoms with Crippen LogP contribution in [0.5, 0.6) is 5.75 Å². The second-order valence-corrected chi connectivity index (χ2v) is 8.17. The predicted molar refractivity (Wildman–Crippen MR) is 119 cm³/mol. The van der Waals surface area contributed by atoms with Crippen molar-refractivity contribution in [2.75, 3.05) is 26.4 Å². The molecule has 1 aromatic heterocycles. The van der Waals surface area contributed by atoms with Crippen LogP contribution in [0.2, 0.25) is 0 Å². The smallest absolute Gasteiger partial charge is 0.251 e. The van der Waals surface area contributed by atoms with E-state index in [0.29, 0.717) is 31.9 Å². The first-order valence-electron chi connectivity index (χ1n) is 10.7. The number of hydrogen-bond donors (Lipinski definition) is 2. The molecule has 2 aromatic carbocycles. The van der Waals surface area contributed by atoms with Crippen LogP contribution in [0.25, 0.3) is 10.9 Å². The Kier molecular flexibility index (Phi) is 5.82. The SMILES string of the molecule is CCOc1ccc(C2(CNC(=O)c3ccc4[nH]c(C)c(C)c4c3)CCOCC2)cc1. The number of aryl methyl sites for hydroxylation is 2. The molecule has 4 rings (SSSR count). The fourth-order valence-electron chi connectivity index (χ4n) is 4.36. The molecular formula is C25H30N2O3. The maximum absolute atomic E-state index is 13.0. The molecule has 0 radical (unpaired) electrons. The molecule has 2 N–H and O–H groups in total. The van der Waals surface area contributed by atoms with E-state index in [1.807, 2.05) is 37.3 Å². The third kappa shape index (κ3) is 3.94. The number of carbonyl (C=O) groups is 1. The Morgan fingerprint density at radius 1 is 1.13 bits per heavy atom. The van der Waals surface area contributed by atoms with Gasteiger partial charge >= 0.3 is 0 Å². The quantitative estimate of drug-likeness (QED) is 0.626. The third-order valence-corrected chi connectivity index (χ3v) is 6.39. The lowest BCUT2D eigenvalue weighted by Gasteiger charge is -2.38. The van der Waals surface area contributed by atoms with Crippen LogP contribution in [0.15, 0.2) is 42.5 Å². The number of amides is 1. The lowest BCUT2D eigenvalue weighted by Crippen LogP contribution is -2.44. The average Bonchev–Trinajstić information content (AvgIpc) is 3.06. The fourth-order valence-corrected chi connectivity index (χ4v) is 4.36. The summed E-state index contributed by atoms with van der Waals surface area (Å²) in [4.78, 5) is 16.4. The zero-order chi connectivity index (χ0) is 21.1. The summed E-state index contributed by atoms with van der Waals surface area (Å²) in [5.41, 5.74) is 5.19. The normalized spacial score (nSPS) is 15.8. The van der Waals surface area contributed by atoms with Crippen molar-refractivity contribution in [1.82, 2.24) is 10.3 Å². The summed E-state index contributed by atoms with van der Waals surface area (Å²) in [6.07, 6.45) is 1.77. The van der Waals surface area contributed by atoms with Gasteiger partial charge in [0.1, 0.15) is 5.75 Å². The number of benzene rings is 2. The van der Waals surface area contributed by atoms with E-state index in [-0.39, 0.29) is 11.3 Å². The van der Waals surface area contributed by atoms with Gasteiger partial charge in [-0.1, -0.05) is 12.1 Å². The molecular weight excluding hydrogens is 376 g/mol. The van der Waals surface area contributed by atoms with Gasteiger partial charge in [-0.25, -0.2) is 0 Å². The summed E-state index contributed by atoms with van der Waals surface area (Å²) < 4.78 is 11.2. The number of H-pyrrole nitrogens is 1. The molecule has 5 nitrogen and oxygen atoms in total. The lowest BCUT2D eigenvalue weighted by atomic mass is 9.74. The average molecular weight is 407 g/mol. The third-order valence-electron chi connectivity index (χ3n) is 6.39. The zero-order valence-electron chi connectivity index (χ0n) is 18.0. The lowest BCUT2D eigenvalue weighted by molar-refractivity contribution is 0.0487. The van der Waals surface area contributed by atoms with E-state index in [1.165, 1.54) is 11.1 Å². The Morgan fingerprint density at radius 3 is 2.57 bits per heavy atom. The molecule has 30 heavy (non-hydrogen) atoms. The number of aromatic nitrogens is 1. The Balaban J connectivity index is 1.54. The second kappa shape index (κ2) is 8.52. The summed E-state index contributed by atoms with van der Waals surface area (Å²) in [7, 11) is 0. The number of carbonyl (C=O) groups excluding carboxylic acids is 1. The topological polar surface area (TPSA) is 63.3 Å². The highest BCUT2D eigenvalue weighted by molar-refractivity contribution is 5.99. The van der Waals surface area contributed by atoms with Crippen molar-refractivity contribution >= 4 is 16.8 Å². The molecule has 1 aliphatic rings. The van der Waals surface area contributed by atoms with Gasteiger partial charge in [-0.3, -0.25) is 4.79 Å². The monoisotopic (exact) mass is 406 g/mol. The van der Waals surface area contributed by atoms with Gasteiger partial charge in [-0.2, -0.15) is 0 Å². The number of ether oxygens (including phenoxy) is 2. The highest BCUT2D eigenvalue weighted by Gasteiger charge is 2.35. The summed E-state index contributed by atoms with van der Waals surface area (Å²) in [5, 5.41) is 4.31. The van der Waals surface area contributed by atoms with E-state index < -0.39 is 0 Å². The van der Waals surface area contributed by atoms with Crippen molar-refractivity contribution in [3.8, 4) is 5.75 Å². The van der Waals surface area contributed by atoms with E-state index >= 15 is 0 Å². The van der Waals surface area contributed by atoms with Crippen molar-refractivity contribution in [3.63, 3.8) is 0 Å². The minimum Gasteiger partial charge on any atom is -0.494 e. The van der Waals surface area contributed by atoms with Gasteiger partial charge in [0.15, 0.2) is 0 Å². The van der Waals surface area contributed by atoms with Crippen molar-refractivity contribution in [1.29, 1.82) is 0 Å². The van der Waals surface area contributed by atoms with Crippen molar-refractivity contribution in [2.24, 2.45) is 0 Å². The molecule has 2 heterocycles. The Bertz CT molecular complexity index is 1030. The van der Waals surface area contributed by atoms with Gasteiger partial charge in [-0.05, 0) is 75.1 Å². The van der Waals surface area contributed by atoms with Crippen LogP contribution < -0.4 is 10.1 Å². The number of nitrogens with one attached hydrogen (secondary N) is 2. The van der Waals surface area contributed by atoms with Gasteiger partial charge < -0.3 is 19.8 Å². The molecule has 0 bridgehead atoms. The van der Waals surface area contributed by atoms with Crippen LogP contribution in [-0.2, 0) is 10.2 Å². The van der Waals surface area contributed by atoms with Gasteiger partial charge in [0.05, 0.1) is 6.61 Å². The number of hydrogen-bond acceptors (Lipinski definition) is 3. The van der Waals surface area contributed by atoms with Gasteiger partial charge in [0.2, 0.25) is 0 Å². The summed E-state index contributed by atoms with van der Waals surface area (Å²) in [6.45, 7) is 8.77. The van der Waals surface area contributed by atoms with Crippen LogP contribution >= 0.6 is 0 Å². The van der Waals surface area contributed by atoms with Crippen molar-refractivity contribution < 1.29 is 14.3 Å². The summed E-state index contributed by atoms with van der Waals surface area (Å²) >= 11 is 0.